The van der Waals surface area contributed by atoms with Gasteiger partial charge < -0.3 is 14.6 Å². The summed E-state index contributed by atoms with van der Waals surface area (Å²) < 4.78 is 5.95. The van der Waals surface area contributed by atoms with Gasteiger partial charge in [-0.1, -0.05) is 6.07 Å². The molecule has 0 saturated heterocycles. The molecule has 3 rings (SSSR count). The largest absolute Gasteiger partial charge is 0.493 e. The first kappa shape index (κ1) is 11.6. The Morgan fingerprint density at radius 2 is 2.17 bits per heavy atom. The van der Waals surface area contributed by atoms with Gasteiger partial charge in [-0.2, -0.15) is 0 Å². The lowest BCUT2D eigenvalue weighted by molar-refractivity contribution is 0.263. The highest BCUT2D eigenvalue weighted by molar-refractivity contribution is 5.91. The summed E-state index contributed by atoms with van der Waals surface area (Å²) in [4.78, 5) is 5.78. The molecule has 3 nitrogen and oxygen atoms in total. The van der Waals surface area contributed by atoms with E-state index in [1.54, 1.807) is 0 Å². The number of aryl methyl sites for hydroxylation is 1. The van der Waals surface area contributed by atoms with E-state index in [1.807, 2.05) is 0 Å². The molecule has 3 heteroatoms. The van der Waals surface area contributed by atoms with Gasteiger partial charge in [-0.3, -0.25) is 0 Å². The van der Waals surface area contributed by atoms with Crippen LogP contribution in [0.4, 0.5) is 0 Å². The summed E-state index contributed by atoms with van der Waals surface area (Å²) in [5.41, 5.74) is 3.89. The van der Waals surface area contributed by atoms with E-state index >= 15 is 0 Å². The second-order valence-electron chi connectivity index (χ2n) is 5.20. The van der Waals surface area contributed by atoms with Crippen molar-refractivity contribution in [2.45, 2.75) is 19.8 Å². The van der Waals surface area contributed by atoms with Crippen LogP contribution in [-0.4, -0.2) is 36.6 Å². The van der Waals surface area contributed by atoms with Crippen LogP contribution in [0.5, 0.6) is 5.75 Å². The minimum absolute atomic E-state index is 0.799. The number of hydrogen-bond acceptors (Lipinski definition) is 2. The van der Waals surface area contributed by atoms with E-state index in [1.165, 1.54) is 22.0 Å². The summed E-state index contributed by atoms with van der Waals surface area (Å²) in [6.45, 7) is 5.16. The average molecular weight is 244 g/mol. The molecule has 2 heterocycles. The smallest absolute Gasteiger partial charge is 0.128 e. The van der Waals surface area contributed by atoms with Crippen molar-refractivity contribution in [3.8, 4) is 5.75 Å². The van der Waals surface area contributed by atoms with Crippen molar-refractivity contribution in [3.05, 3.63) is 29.5 Å². The Kier molecular flexibility index (Phi) is 3.00. The zero-order valence-electron chi connectivity index (χ0n) is 11.1. The van der Waals surface area contributed by atoms with E-state index in [4.69, 9.17) is 4.74 Å². The maximum Gasteiger partial charge on any atom is 0.128 e. The van der Waals surface area contributed by atoms with E-state index in [2.05, 4.69) is 42.2 Å². The van der Waals surface area contributed by atoms with Gasteiger partial charge in [0.2, 0.25) is 0 Å². The van der Waals surface area contributed by atoms with Gasteiger partial charge in [-0.25, -0.2) is 0 Å². The van der Waals surface area contributed by atoms with Crippen LogP contribution in [0.3, 0.4) is 0 Å². The van der Waals surface area contributed by atoms with Crippen LogP contribution in [0.25, 0.3) is 10.9 Å². The normalized spacial score (nSPS) is 17.7. The van der Waals surface area contributed by atoms with E-state index in [-0.39, 0.29) is 0 Å². The van der Waals surface area contributed by atoms with Gasteiger partial charge in [-0.15, -0.1) is 0 Å². The van der Waals surface area contributed by atoms with Gasteiger partial charge in [0, 0.05) is 24.7 Å². The minimum Gasteiger partial charge on any atom is -0.493 e. The van der Waals surface area contributed by atoms with Crippen LogP contribution >= 0.6 is 0 Å². The number of ether oxygens (including phenoxy) is 1. The van der Waals surface area contributed by atoms with E-state index < -0.39 is 0 Å². The van der Waals surface area contributed by atoms with Gasteiger partial charge in [0.25, 0.3) is 0 Å². The summed E-state index contributed by atoms with van der Waals surface area (Å²) >= 11 is 0. The lowest BCUT2D eigenvalue weighted by Crippen LogP contribution is -2.24. The van der Waals surface area contributed by atoms with Crippen molar-refractivity contribution in [3.63, 3.8) is 0 Å². The number of nitrogens with one attached hydrogen (secondary N) is 1. The molecule has 0 saturated carbocycles. The first-order valence-corrected chi connectivity index (χ1v) is 6.66. The SMILES string of the molecule is Cc1ccc2c3c(c[nH]c13)CCN(C)CCCO2. The number of hydrogen-bond donors (Lipinski definition) is 1. The highest BCUT2D eigenvalue weighted by Crippen LogP contribution is 2.32. The van der Waals surface area contributed by atoms with Crippen molar-refractivity contribution in [1.82, 2.24) is 9.88 Å². The van der Waals surface area contributed by atoms with Crippen LogP contribution in [0.15, 0.2) is 18.3 Å². The lowest BCUT2D eigenvalue weighted by atomic mass is 10.1. The minimum atomic E-state index is 0.799. The fourth-order valence-corrected chi connectivity index (χ4v) is 2.68. The van der Waals surface area contributed by atoms with Crippen LogP contribution in [-0.2, 0) is 6.42 Å². The van der Waals surface area contributed by atoms with E-state index in [0.29, 0.717) is 0 Å². The van der Waals surface area contributed by atoms with Gasteiger partial charge in [0.1, 0.15) is 5.75 Å². The summed E-state index contributed by atoms with van der Waals surface area (Å²) in [6, 6.07) is 4.25. The van der Waals surface area contributed by atoms with Crippen molar-refractivity contribution < 1.29 is 4.74 Å². The third-order valence-corrected chi connectivity index (χ3v) is 3.79. The first-order valence-electron chi connectivity index (χ1n) is 6.66. The molecule has 0 aliphatic carbocycles. The summed E-state index contributed by atoms with van der Waals surface area (Å²) in [5, 5.41) is 1.28. The number of aromatic amines is 1. The molecule has 1 aromatic carbocycles. The number of benzene rings is 1. The molecule has 0 bridgehead atoms. The molecule has 0 atom stereocenters. The molecular formula is C15H20N2O. The Morgan fingerprint density at radius 3 is 3.06 bits per heavy atom. The number of H-pyrrole nitrogens is 1. The molecule has 0 unspecified atom stereocenters. The third kappa shape index (κ3) is 1.99. The Bertz CT molecular complexity index is 559. The first-order chi connectivity index (χ1) is 8.75. The topological polar surface area (TPSA) is 28.3 Å². The maximum atomic E-state index is 5.95. The zero-order chi connectivity index (χ0) is 12.5. The van der Waals surface area contributed by atoms with Crippen LogP contribution in [0.2, 0.25) is 0 Å². The Labute approximate surface area is 108 Å². The van der Waals surface area contributed by atoms with Gasteiger partial charge >= 0.3 is 0 Å². The summed E-state index contributed by atoms with van der Waals surface area (Å²) in [5.74, 6) is 1.04. The van der Waals surface area contributed by atoms with Crippen molar-refractivity contribution in [2.75, 3.05) is 26.7 Å². The Hall–Kier alpha value is -1.48. The van der Waals surface area contributed by atoms with Gasteiger partial charge in [0.05, 0.1) is 12.1 Å². The van der Waals surface area contributed by atoms with Crippen molar-refractivity contribution >= 4 is 10.9 Å². The second-order valence-corrected chi connectivity index (χ2v) is 5.20. The molecule has 96 valence electrons. The van der Waals surface area contributed by atoms with E-state index in [9.17, 15) is 0 Å². The lowest BCUT2D eigenvalue weighted by Gasteiger charge is -2.19. The fourth-order valence-electron chi connectivity index (χ4n) is 2.68. The summed E-state index contributed by atoms with van der Waals surface area (Å²) in [6.07, 6.45) is 4.31. The third-order valence-electron chi connectivity index (χ3n) is 3.79. The molecule has 18 heavy (non-hydrogen) atoms. The van der Waals surface area contributed by atoms with Gasteiger partial charge in [0.15, 0.2) is 0 Å². The van der Waals surface area contributed by atoms with Crippen molar-refractivity contribution in [1.29, 1.82) is 0 Å². The standard InChI is InChI=1S/C15H20N2O/c1-11-4-5-13-14-12(10-16-15(11)14)6-8-17(2)7-3-9-18-13/h4-5,10,16H,3,6-9H2,1-2H3. The Morgan fingerprint density at radius 1 is 1.28 bits per heavy atom. The monoisotopic (exact) mass is 244 g/mol. The van der Waals surface area contributed by atoms with Crippen LogP contribution in [0, 0.1) is 6.92 Å². The predicted molar refractivity (Wildman–Crippen MR) is 74.3 cm³/mol. The number of rotatable bonds is 0. The fraction of sp³-hybridized carbons (Fsp3) is 0.467. The predicted octanol–water partition coefficient (Wildman–Crippen LogP) is 2.73. The van der Waals surface area contributed by atoms with Crippen LogP contribution < -0.4 is 4.74 Å². The molecule has 1 aliphatic heterocycles. The molecule has 1 aliphatic rings. The number of aromatic nitrogens is 1. The molecule has 2 aromatic rings. The number of nitrogens with zero attached hydrogens (tertiary/aromatic N) is 1. The van der Waals surface area contributed by atoms with E-state index in [0.717, 1.165) is 38.3 Å². The Balaban J connectivity index is 2.10. The quantitative estimate of drug-likeness (QED) is 0.772. The molecule has 0 radical (unpaired) electrons. The van der Waals surface area contributed by atoms with Crippen molar-refractivity contribution in [2.24, 2.45) is 0 Å². The average Bonchev–Trinajstić information content (AvgIpc) is 2.79. The highest BCUT2D eigenvalue weighted by atomic mass is 16.5. The second kappa shape index (κ2) is 4.65. The summed E-state index contributed by atoms with van der Waals surface area (Å²) in [7, 11) is 2.18. The zero-order valence-corrected chi connectivity index (χ0v) is 11.1. The maximum absolute atomic E-state index is 5.95. The van der Waals surface area contributed by atoms with Gasteiger partial charge in [-0.05, 0) is 44.0 Å². The van der Waals surface area contributed by atoms with Crippen LogP contribution in [0.1, 0.15) is 17.5 Å². The molecule has 1 aromatic heterocycles. The molecular weight excluding hydrogens is 224 g/mol. The highest BCUT2D eigenvalue weighted by Gasteiger charge is 2.13. The number of likely N-dealkylation sites (N-methyl/N-ethyl adjacent to an activating group) is 1. The molecule has 1 N–H and O–H groups in total. The molecule has 0 amide bonds. The molecule has 0 fully saturated rings. The molecule has 0 spiro atoms.